The number of benzene rings is 1. The van der Waals surface area contributed by atoms with Gasteiger partial charge in [-0.2, -0.15) is 0 Å². The lowest BCUT2D eigenvalue weighted by atomic mass is 10.2. The van der Waals surface area contributed by atoms with Crippen molar-refractivity contribution >= 4 is 5.91 Å². The second-order valence-corrected chi connectivity index (χ2v) is 6.30. The van der Waals surface area contributed by atoms with Gasteiger partial charge in [0.15, 0.2) is 0 Å². The molecule has 2 aliphatic rings. The van der Waals surface area contributed by atoms with Gasteiger partial charge in [0.25, 0.3) is 5.91 Å². The Kier molecular flexibility index (Phi) is 5.51. The molecule has 0 unspecified atom stereocenters. The molecule has 1 saturated heterocycles. The zero-order valence-electron chi connectivity index (χ0n) is 13.7. The molecule has 1 saturated carbocycles. The largest absolute Gasteiger partial charge is 0.491 e. The Morgan fingerprint density at radius 2 is 1.96 bits per heavy atom. The number of rotatable bonds is 8. The van der Waals surface area contributed by atoms with Gasteiger partial charge < -0.3 is 19.1 Å². The van der Waals surface area contributed by atoms with Crippen LogP contribution in [-0.4, -0.2) is 56.9 Å². The van der Waals surface area contributed by atoms with Crippen molar-refractivity contribution in [3.63, 3.8) is 0 Å². The monoisotopic (exact) mass is 319 g/mol. The molecule has 0 bridgehead atoms. The molecule has 5 heteroatoms. The molecule has 126 valence electrons. The number of methoxy groups -OCH3 is 1. The predicted molar refractivity (Wildman–Crippen MR) is 86.8 cm³/mol. The van der Waals surface area contributed by atoms with E-state index in [1.54, 1.807) is 7.11 Å². The summed E-state index contributed by atoms with van der Waals surface area (Å²) in [5.74, 6) is 1.60. The molecule has 1 aromatic rings. The molecule has 1 atom stereocenters. The number of carbonyl (C=O) groups excluding carboxylic acids is 1. The number of hydrogen-bond acceptors (Lipinski definition) is 4. The number of amides is 1. The fourth-order valence-corrected chi connectivity index (χ4v) is 2.72. The maximum absolute atomic E-state index is 12.5. The van der Waals surface area contributed by atoms with Gasteiger partial charge in [0.1, 0.15) is 12.4 Å². The van der Waals surface area contributed by atoms with Crippen LogP contribution < -0.4 is 4.74 Å². The van der Waals surface area contributed by atoms with Gasteiger partial charge in [-0.05, 0) is 49.4 Å². The highest BCUT2D eigenvalue weighted by molar-refractivity contribution is 5.94. The van der Waals surface area contributed by atoms with Gasteiger partial charge in [-0.25, -0.2) is 0 Å². The summed E-state index contributed by atoms with van der Waals surface area (Å²) >= 11 is 0. The third kappa shape index (κ3) is 4.69. The molecular formula is C18H25NO4. The summed E-state index contributed by atoms with van der Waals surface area (Å²) < 4.78 is 16.3. The van der Waals surface area contributed by atoms with E-state index in [0.717, 1.165) is 31.2 Å². The van der Waals surface area contributed by atoms with Gasteiger partial charge in [-0.1, -0.05) is 0 Å². The quantitative estimate of drug-likeness (QED) is 0.690. The summed E-state index contributed by atoms with van der Waals surface area (Å²) in [5, 5.41) is 0. The third-order valence-corrected chi connectivity index (χ3v) is 4.35. The van der Waals surface area contributed by atoms with Crippen molar-refractivity contribution in [2.24, 2.45) is 5.92 Å². The summed E-state index contributed by atoms with van der Waals surface area (Å²) in [4.78, 5) is 14.4. The zero-order valence-corrected chi connectivity index (χ0v) is 13.7. The minimum atomic E-state index is 0.0750. The van der Waals surface area contributed by atoms with Crippen molar-refractivity contribution < 1.29 is 19.0 Å². The first kappa shape index (κ1) is 16.3. The number of ether oxygens (including phenoxy) is 3. The highest BCUT2D eigenvalue weighted by Crippen LogP contribution is 2.30. The SMILES string of the molecule is COCCOc1ccc(C(=O)N2CC[C@@H](OCC3CC3)C2)cc1. The highest BCUT2D eigenvalue weighted by Gasteiger charge is 2.29. The standard InChI is InChI=1S/C18H25NO4/c1-21-10-11-22-16-6-4-15(5-7-16)18(20)19-9-8-17(12-19)23-13-14-2-3-14/h4-7,14,17H,2-3,8-13H2,1H3/t17-/m1/s1. The lowest BCUT2D eigenvalue weighted by molar-refractivity contribution is 0.0480. The molecule has 3 rings (SSSR count). The van der Waals surface area contributed by atoms with Gasteiger partial charge in [-0.3, -0.25) is 4.79 Å². The predicted octanol–water partition coefficient (Wildman–Crippen LogP) is 2.35. The minimum absolute atomic E-state index is 0.0750. The lowest BCUT2D eigenvalue weighted by Gasteiger charge is -2.17. The molecule has 1 aromatic carbocycles. The van der Waals surface area contributed by atoms with Crippen LogP contribution in [0.2, 0.25) is 0 Å². The van der Waals surface area contributed by atoms with Crippen LogP contribution in [0.3, 0.4) is 0 Å². The van der Waals surface area contributed by atoms with E-state index in [1.165, 1.54) is 12.8 Å². The lowest BCUT2D eigenvalue weighted by Crippen LogP contribution is -2.30. The van der Waals surface area contributed by atoms with E-state index in [2.05, 4.69) is 0 Å². The molecule has 0 radical (unpaired) electrons. The first-order valence-corrected chi connectivity index (χ1v) is 8.39. The van der Waals surface area contributed by atoms with Crippen molar-refractivity contribution in [1.29, 1.82) is 0 Å². The van der Waals surface area contributed by atoms with Crippen LogP contribution in [0.4, 0.5) is 0 Å². The van der Waals surface area contributed by atoms with Gasteiger partial charge >= 0.3 is 0 Å². The Hall–Kier alpha value is -1.59. The summed E-state index contributed by atoms with van der Waals surface area (Å²) in [7, 11) is 1.64. The molecule has 5 nitrogen and oxygen atoms in total. The Morgan fingerprint density at radius 3 is 2.65 bits per heavy atom. The fraction of sp³-hybridized carbons (Fsp3) is 0.611. The van der Waals surface area contributed by atoms with E-state index < -0.39 is 0 Å². The van der Waals surface area contributed by atoms with Crippen LogP contribution in [0.5, 0.6) is 5.75 Å². The number of nitrogens with zero attached hydrogens (tertiary/aromatic N) is 1. The molecule has 1 heterocycles. The van der Waals surface area contributed by atoms with E-state index in [0.29, 0.717) is 25.3 Å². The average Bonchev–Trinajstić information content (AvgIpc) is 3.29. The van der Waals surface area contributed by atoms with Gasteiger partial charge in [0, 0.05) is 32.4 Å². The van der Waals surface area contributed by atoms with E-state index >= 15 is 0 Å². The Bertz CT molecular complexity index is 512. The number of likely N-dealkylation sites (tertiary alicyclic amines) is 1. The molecule has 1 aliphatic carbocycles. The Labute approximate surface area is 137 Å². The van der Waals surface area contributed by atoms with Gasteiger partial charge in [0.05, 0.1) is 12.7 Å². The fourth-order valence-electron chi connectivity index (χ4n) is 2.72. The summed E-state index contributed by atoms with van der Waals surface area (Å²) in [6, 6.07) is 7.31. The minimum Gasteiger partial charge on any atom is -0.491 e. The van der Waals surface area contributed by atoms with Crippen LogP contribution in [0.25, 0.3) is 0 Å². The Balaban J connectivity index is 1.47. The van der Waals surface area contributed by atoms with E-state index in [4.69, 9.17) is 14.2 Å². The van der Waals surface area contributed by atoms with Crippen LogP contribution in [0.15, 0.2) is 24.3 Å². The normalized spacial score (nSPS) is 20.7. The molecule has 0 N–H and O–H groups in total. The first-order chi connectivity index (χ1) is 11.3. The molecule has 1 amide bonds. The number of carbonyl (C=O) groups is 1. The molecule has 1 aliphatic heterocycles. The topological polar surface area (TPSA) is 48.0 Å². The van der Waals surface area contributed by atoms with Crippen molar-refractivity contribution in [1.82, 2.24) is 4.90 Å². The first-order valence-electron chi connectivity index (χ1n) is 8.39. The summed E-state index contributed by atoms with van der Waals surface area (Å²) in [5.41, 5.74) is 0.701. The van der Waals surface area contributed by atoms with Crippen molar-refractivity contribution in [2.45, 2.75) is 25.4 Å². The summed E-state index contributed by atoms with van der Waals surface area (Å²) in [6.07, 6.45) is 3.75. The van der Waals surface area contributed by atoms with E-state index in [1.807, 2.05) is 29.2 Å². The maximum atomic E-state index is 12.5. The van der Waals surface area contributed by atoms with Crippen molar-refractivity contribution in [2.75, 3.05) is 40.0 Å². The van der Waals surface area contributed by atoms with Crippen molar-refractivity contribution in [3.05, 3.63) is 29.8 Å². The van der Waals surface area contributed by atoms with Crippen LogP contribution in [0.1, 0.15) is 29.6 Å². The molecule has 0 spiro atoms. The molecule has 2 fully saturated rings. The average molecular weight is 319 g/mol. The Morgan fingerprint density at radius 1 is 1.17 bits per heavy atom. The second-order valence-electron chi connectivity index (χ2n) is 6.30. The maximum Gasteiger partial charge on any atom is 0.253 e. The summed E-state index contributed by atoms with van der Waals surface area (Å²) in [6.45, 7) is 3.41. The van der Waals surface area contributed by atoms with Crippen LogP contribution in [-0.2, 0) is 9.47 Å². The van der Waals surface area contributed by atoms with E-state index in [9.17, 15) is 4.79 Å². The highest BCUT2D eigenvalue weighted by atomic mass is 16.5. The van der Waals surface area contributed by atoms with Crippen LogP contribution in [0, 0.1) is 5.92 Å². The second kappa shape index (κ2) is 7.79. The van der Waals surface area contributed by atoms with E-state index in [-0.39, 0.29) is 12.0 Å². The molecule has 23 heavy (non-hydrogen) atoms. The molecule has 0 aromatic heterocycles. The third-order valence-electron chi connectivity index (χ3n) is 4.35. The zero-order chi connectivity index (χ0) is 16.1. The van der Waals surface area contributed by atoms with Gasteiger partial charge in [-0.15, -0.1) is 0 Å². The molecular weight excluding hydrogens is 294 g/mol. The smallest absolute Gasteiger partial charge is 0.253 e. The van der Waals surface area contributed by atoms with Crippen LogP contribution >= 0.6 is 0 Å². The number of hydrogen-bond donors (Lipinski definition) is 0. The van der Waals surface area contributed by atoms with Gasteiger partial charge in [0.2, 0.25) is 0 Å². The van der Waals surface area contributed by atoms with Crippen molar-refractivity contribution in [3.8, 4) is 5.75 Å².